The van der Waals surface area contributed by atoms with Gasteiger partial charge in [-0.25, -0.2) is 4.39 Å². The first kappa shape index (κ1) is 24.3. The molecule has 0 amide bonds. The van der Waals surface area contributed by atoms with Crippen LogP contribution in [0.3, 0.4) is 0 Å². The van der Waals surface area contributed by atoms with Gasteiger partial charge < -0.3 is 14.5 Å². The topological polar surface area (TPSA) is 37.5 Å². The fourth-order valence-corrected chi connectivity index (χ4v) is 6.44. The fraction of sp³-hybridized carbons (Fsp3) is 0.212. The summed E-state index contributed by atoms with van der Waals surface area (Å²) in [5.41, 5.74) is 8.34. The molecular weight excluding hydrogens is 511 g/mol. The maximum atomic E-state index is 13.9. The minimum Gasteiger partial charge on any atom is -0.493 e. The molecule has 0 radical (unpaired) electrons. The van der Waals surface area contributed by atoms with Gasteiger partial charge in [-0.05, 0) is 83.1 Å². The Morgan fingerprint density at radius 3 is 2.56 bits per heavy atom. The molecule has 196 valence electrons. The van der Waals surface area contributed by atoms with E-state index in [4.69, 9.17) is 21.1 Å². The highest BCUT2D eigenvalue weighted by molar-refractivity contribution is 6.30. The zero-order chi connectivity index (χ0) is 26.5. The van der Waals surface area contributed by atoms with E-state index in [0.29, 0.717) is 11.6 Å². The van der Waals surface area contributed by atoms with Crippen LogP contribution >= 0.6 is 11.6 Å². The Kier molecular flexibility index (Phi) is 6.06. The van der Waals surface area contributed by atoms with Crippen LogP contribution in [-0.2, 0) is 19.4 Å². The number of benzene rings is 4. The third kappa shape index (κ3) is 4.26. The molecule has 2 unspecified atom stereocenters. The average Bonchev–Trinajstić information content (AvgIpc) is 3.34. The van der Waals surface area contributed by atoms with E-state index in [-0.39, 0.29) is 17.9 Å². The van der Waals surface area contributed by atoms with E-state index in [1.165, 1.54) is 27.8 Å². The van der Waals surface area contributed by atoms with Gasteiger partial charge in [-0.2, -0.15) is 0 Å². The number of aromatic nitrogens is 1. The Bertz CT molecular complexity index is 1660. The quantitative estimate of drug-likeness (QED) is 0.248. The van der Waals surface area contributed by atoms with Crippen LogP contribution in [0.15, 0.2) is 84.9 Å². The third-order valence-corrected chi connectivity index (χ3v) is 8.42. The average molecular weight is 539 g/mol. The minimum absolute atomic E-state index is 0.000405. The summed E-state index contributed by atoms with van der Waals surface area (Å²) in [7, 11) is 1.69. The second kappa shape index (κ2) is 9.74. The molecule has 7 rings (SSSR count). The lowest BCUT2D eigenvalue weighted by molar-refractivity contribution is 0.127. The number of hydrogen-bond donors (Lipinski definition) is 1. The van der Waals surface area contributed by atoms with E-state index < -0.39 is 0 Å². The molecule has 3 heterocycles. The molecule has 4 aromatic carbocycles. The monoisotopic (exact) mass is 538 g/mol. The van der Waals surface area contributed by atoms with Gasteiger partial charge in [-0.15, -0.1) is 0 Å². The molecular formula is C33H28ClFN2O2. The van der Waals surface area contributed by atoms with Crippen molar-refractivity contribution in [3.8, 4) is 11.5 Å². The summed E-state index contributed by atoms with van der Waals surface area (Å²) in [6.45, 7) is 1.31. The van der Waals surface area contributed by atoms with E-state index in [1.807, 2.05) is 36.4 Å². The number of H-pyrrole nitrogens is 1. The molecule has 0 bridgehead atoms. The standard InChI is InChI=1S/C33H28ClFN2O2/c1-38-30-16-22-14-15-37-29(26(22)18-31(30)39-19-20-6-10-23(34)11-7-20)17-27-25-4-2-3-5-28(25)36-32(27)33(37)21-8-12-24(35)13-9-21/h2-13,16,18,29,33,36H,14-15,17,19H2,1H3. The van der Waals surface area contributed by atoms with Crippen molar-refractivity contribution in [1.82, 2.24) is 9.88 Å². The van der Waals surface area contributed by atoms with Crippen molar-refractivity contribution in [2.75, 3.05) is 13.7 Å². The van der Waals surface area contributed by atoms with E-state index in [0.717, 1.165) is 47.5 Å². The molecule has 2 atom stereocenters. The molecule has 39 heavy (non-hydrogen) atoms. The Hall–Kier alpha value is -3.80. The molecule has 0 saturated heterocycles. The number of para-hydroxylation sites is 1. The summed E-state index contributed by atoms with van der Waals surface area (Å²) in [5, 5.41) is 1.95. The first-order chi connectivity index (χ1) is 19.1. The number of hydrogen-bond acceptors (Lipinski definition) is 3. The second-order valence-electron chi connectivity index (χ2n) is 10.3. The summed E-state index contributed by atoms with van der Waals surface area (Å²) in [6.07, 6.45) is 1.78. The van der Waals surface area contributed by atoms with Gasteiger partial charge in [0, 0.05) is 34.2 Å². The van der Waals surface area contributed by atoms with Gasteiger partial charge in [0.2, 0.25) is 0 Å². The molecule has 5 aromatic rings. The van der Waals surface area contributed by atoms with Crippen molar-refractivity contribution >= 4 is 22.5 Å². The lowest BCUT2D eigenvalue weighted by atomic mass is 9.80. The zero-order valence-electron chi connectivity index (χ0n) is 21.6. The van der Waals surface area contributed by atoms with Crippen LogP contribution in [0, 0.1) is 5.82 Å². The smallest absolute Gasteiger partial charge is 0.162 e. The number of ether oxygens (including phenoxy) is 2. The molecule has 0 saturated carbocycles. The second-order valence-corrected chi connectivity index (χ2v) is 10.8. The van der Waals surface area contributed by atoms with E-state index in [2.05, 4.69) is 46.3 Å². The van der Waals surface area contributed by atoms with Gasteiger partial charge in [0.05, 0.1) is 13.2 Å². The predicted molar refractivity (Wildman–Crippen MR) is 152 cm³/mol. The molecule has 0 spiro atoms. The van der Waals surface area contributed by atoms with Crippen molar-refractivity contribution in [3.05, 3.63) is 129 Å². The van der Waals surface area contributed by atoms with Crippen LogP contribution < -0.4 is 9.47 Å². The minimum atomic E-state index is -0.221. The SMILES string of the molecule is COc1cc2c(cc1OCc1ccc(Cl)cc1)C1Cc3c([nH]c4ccccc34)C(c3ccc(F)cc3)N1CC2. The highest BCUT2D eigenvalue weighted by Gasteiger charge is 2.41. The number of nitrogens with one attached hydrogen (secondary N) is 1. The van der Waals surface area contributed by atoms with Crippen LogP contribution in [-0.4, -0.2) is 23.5 Å². The van der Waals surface area contributed by atoms with Gasteiger partial charge in [-0.1, -0.05) is 54.1 Å². The third-order valence-electron chi connectivity index (χ3n) is 8.17. The van der Waals surface area contributed by atoms with Gasteiger partial charge in [-0.3, -0.25) is 4.90 Å². The normalized spacial score (nSPS) is 18.3. The van der Waals surface area contributed by atoms with Crippen LogP contribution in [0.4, 0.5) is 4.39 Å². The van der Waals surface area contributed by atoms with Gasteiger partial charge in [0.1, 0.15) is 12.4 Å². The zero-order valence-corrected chi connectivity index (χ0v) is 22.3. The molecule has 0 fully saturated rings. The number of rotatable bonds is 5. The van der Waals surface area contributed by atoms with E-state index in [1.54, 1.807) is 19.2 Å². The van der Waals surface area contributed by atoms with E-state index >= 15 is 0 Å². The lowest BCUT2D eigenvalue weighted by Crippen LogP contribution is -2.43. The van der Waals surface area contributed by atoms with Crippen LogP contribution in [0.1, 0.15) is 45.6 Å². The summed E-state index contributed by atoms with van der Waals surface area (Å²) < 4.78 is 26.0. The highest BCUT2D eigenvalue weighted by atomic mass is 35.5. The van der Waals surface area contributed by atoms with Crippen molar-refractivity contribution in [3.63, 3.8) is 0 Å². The maximum absolute atomic E-state index is 13.9. The molecule has 0 aliphatic carbocycles. The molecule has 2 aliphatic rings. The van der Waals surface area contributed by atoms with Crippen LogP contribution in [0.2, 0.25) is 5.02 Å². The number of methoxy groups -OCH3 is 1. The van der Waals surface area contributed by atoms with Crippen LogP contribution in [0.25, 0.3) is 10.9 Å². The van der Waals surface area contributed by atoms with Crippen molar-refractivity contribution in [2.24, 2.45) is 0 Å². The molecule has 1 aromatic heterocycles. The first-order valence-corrected chi connectivity index (χ1v) is 13.7. The maximum Gasteiger partial charge on any atom is 0.162 e. The Labute approximate surface area is 231 Å². The van der Waals surface area contributed by atoms with Gasteiger partial charge in [0.15, 0.2) is 11.5 Å². The summed E-state index contributed by atoms with van der Waals surface area (Å²) >= 11 is 6.06. The predicted octanol–water partition coefficient (Wildman–Crippen LogP) is 7.79. The Balaban J connectivity index is 1.32. The number of fused-ring (bicyclic) bond motifs is 6. The summed E-state index contributed by atoms with van der Waals surface area (Å²) in [4.78, 5) is 6.28. The van der Waals surface area contributed by atoms with Crippen molar-refractivity contribution in [1.29, 1.82) is 0 Å². The number of aromatic amines is 1. The summed E-state index contributed by atoms with van der Waals surface area (Å²) in [5.74, 6) is 1.26. The van der Waals surface area contributed by atoms with Gasteiger partial charge in [0.25, 0.3) is 0 Å². The fourth-order valence-electron chi connectivity index (χ4n) is 6.32. The molecule has 2 aliphatic heterocycles. The van der Waals surface area contributed by atoms with Crippen LogP contribution in [0.5, 0.6) is 11.5 Å². The Morgan fingerprint density at radius 1 is 0.974 bits per heavy atom. The lowest BCUT2D eigenvalue weighted by Gasteiger charge is -2.46. The Morgan fingerprint density at radius 2 is 1.77 bits per heavy atom. The summed E-state index contributed by atoms with van der Waals surface area (Å²) in [6, 6.07) is 27.6. The molecule has 4 nitrogen and oxygen atoms in total. The molecule has 6 heteroatoms. The number of halogens is 2. The molecule has 1 N–H and O–H groups in total. The largest absolute Gasteiger partial charge is 0.493 e. The highest BCUT2D eigenvalue weighted by Crippen LogP contribution is 2.49. The van der Waals surface area contributed by atoms with Crippen molar-refractivity contribution in [2.45, 2.75) is 31.5 Å². The van der Waals surface area contributed by atoms with Crippen molar-refractivity contribution < 1.29 is 13.9 Å². The number of nitrogens with zero attached hydrogens (tertiary/aromatic N) is 1. The van der Waals surface area contributed by atoms with Gasteiger partial charge >= 0.3 is 0 Å². The van der Waals surface area contributed by atoms with E-state index in [9.17, 15) is 4.39 Å². The first-order valence-electron chi connectivity index (χ1n) is 13.3.